The molecule has 9 heteroatoms. The van der Waals surface area contributed by atoms with Crippen molar-refractivity contribution in [2.75, 3.05) is 47.5 Å². The van der Waals surface area contributed by atoms with Crippen molar-refractivity contribution in [3.05, 3.63) is 85.1 Å². The van der Waals surface area contributed by atoms with Crippen LogP contribution in [0.2, 0.25) is 0 Å². The lowest BCUT2D eigenvalue weighted by atomic mass is 10.0. The molecule has 0 aromatic heterocycles. The van der Waals surface area contributed by atoms with Crippen molar-refractivity contribution in [1.29, 1.82) is 0 Å². The van der Waals surface area contributed by atoms with Gasteiger partial charge in [-0.3, -0.25) is 9.59 Å². The summed E-state index contributed by atoms with van der Waals surface area (Å²) >= 11 is 0. The first-order valence-electron chi connectivity index (χ1n) is 27.3. The number of hydrogen-bond donors (Lipinski definition) is 1. The molecule has 0 aromatic carbocycles. The van der Waals surface area contributed by atoms with Crippen molar-refractivity contribution in [1.82, 2.24) is 0 Å². The van der Waals surface area contributed by atoms with Crippen LogP contribution in [-0.2, 0) is 33.3 Å². The molecule has 0 amide bonds. The Balaban J connectivity index is 4.19. The number of carbonyl (C=O) groups is 3. The molecule has 0 radical (unpaired) electrons. The largest absolute Gasteiger partial charge is 0.477 e. The fourth-order valence-corrected chi connectivity index (χ4v) is 7.19. The molecule has 0 saturated carbocycles. The van der Waals surface area contributed by atoms with Gasteiger partial charge < -0.3 is 28.5 Å². The molecule has 0 aliphatic rings. The summed E-state index contributed by atoms with van der Waals surface area (Å²) < 4.78 is 22.8. The Kier molecular flexibility index (Phi) is 47.3. The SMILES string of the molecule is CC/C=C\C/C=C\C/C=C\C/C=C\C/C=C\C/C=C\CCCCCCCCCCCCCCC(=O)OC(COC(=O)CCCCCCC/C=C\CCCCC)COC(OCC[N+](C)(C)C)C(=O)O. The van der Waals surface area contributed by atoms with Crippen LogP contribution in [0, 0.1) is 0 Å². The van der Waals surface area contributed by atoms with E-state index >= 15 is 0 Å². The first-order chi connectivity index (χ1) is 33.1. The van der Waals surface area contributed by atoms with Gasteiger partial charge in [-0.2, -0.15) is 0 Å². The van der Waals surface area contributed by atoms with E-state index in [9.17, 15) is 19.5 Å². The topological polar surface area (TPSA) is 108 Å². The van der Waals surface area contributed by atoms with E-state index in [1.807, 2.05) is 21.1 Å². The van der Waals surface area contributed by atoms with Crippen molar-refractivity contribution in [2.45, 2.75) is 225 Å². The number of aliphatic carboxylic acids is 1. The lowest BCUT2D eigenvalue weighted by Crippen LogP contribution is -2.40. The maximum atomic E-state index is 12.8. The van der Waals surface area contributed by atoms with Gasteiger partial charge in [0.15, 0.2) is 6.10 Å². The summed E-state index contributed by atoms with van der Waals surface area (Å²) in [7, 11) is 5.95. The second-order valence-corrected chi connectivity index (χ2v) is 19.2. The number of ether oxygens (including phenoxy) is 4. The fraction of sp³-hybridized carbons (Fsp3) is 0.712. The third-order valence-electron chi connectivity index (χ3n) is 11.4. The zero-order valence-electron chi connectivity index (χ0n) is 44.2. The van der Waals surface area contributed by atoms with Crippen LogP contribution in [0.25, 0.3) is 0 Å². The van der Waals surface area contributed by atoms with Crippen molar-refractivity contribution in [2.24, 2.45) is 0 Å². The molecule has 0 bridgehead atoms. The summed E-state index contributed by atoms with van der Waals surface area (Å²) in [4.78, 5) is 37.3. The predicted octanol–water partition coefficient (Wildman–Crippen LogP) is 15.6. The van der Waals surface area contributed by atoms with Crippen LogP contribution in [0.5, 0.6) is 0 Å². The number of nitrogens with zero attached hydrogens (tertiary/aromatic N) is 1. The van der Waals surface area contributed by atoms with Gasteiger partial charge in [0.1, 0.15) is 13.2 Å². The Morgan fingerprint density at radius 1 is 0.456 bits per heavy atom. The Morgan fingerprint density at radius 3 is 1.26 bits per heavy atom. The van der Waals surface area contributed by atoms with E-state index in [-0.39, 0.29) is 38.6 Å². The molecule has 0 aliphatic heterocycles. The average Bonchev–Trinajstić information content (AvgIpc) is 3.30. The summed E-state index contributed by atoms with van der Waals surface area (Å²) in [6, 6.07) is 0. The highest BCUT2D eigenvalue weighted by Gasteiger charge is 2.25. The second kappa shape index (κ2) is 49.9. The van der Waals surface area contributed by atoms with Crippen molar-refractivity contribution in [3.8, 4) is 0 Å². The van der Waals surface area contributed by atoms with Gasteiger partial charge in [-0.25, -0.2) is 4.79 Å². The van der Waals surface area contributed by atoms with Crippen LogP contribution >= 0.6 is 0 Å². The maximum Gasteiger partial charge on any atom is 0.361 e. The Bertz CT molecular complexity index is 1390. The Morgan fingerprint density at radius 2 is 0.838 bits per heavy atom. The molecule has 390 valence electrons. The number of hydrogen-bond acceptors (Lipinski definition) is 7. The fourth-order valence-electron chi connectivity index (χ4n) is 7.19. The van der Waals surface area contributed by atoms with E-state index in [0.29, 0.717) is 17.4 Å². The first-order valence-corrected chi connectivity index (χ1v) is 27.3. The van der Waals surface area contributed by atoms with E-state index in [2.05, 4.69) is 98.9 Å². The quantitative estimate of drug-likeness (QED) is 0.0211. The van der Waals surface area contributed by atoms with Gasteiger partial charge in [-0.15, -0.1) is 0 Å². The molecule has 2 atom stereocenters. The number of allylic oxidation sites excluding steroid dienone is 14. The van der Waals surface area contributed by atoms with Crippen LogP contribution in [-0.4, -0.2) is 87.4 Å². The molecule has 0 aliphatic carbocycles. The van der Waals surface area contributed by atoms with Gasteiger partial charge in [-0.05, 0) is 89.9 Å². The van der Waals surface area contributed by atoms with E-state index in [1.165, 1.54) is 83.5 Å². The van der Waals surface area contributed by atoms with Crippen LogP contribution in [0.4, 0.5) is 0 Å². The number of carboxylic acid groups (broad SMARTS) is 1. The number of unbranched alkanes of at least 4 members (excludes halogenated alkanes) is 20. The van der Waals surface area contributed by atoms with Crippen molar-refractivity contribution < 1.29 is 42.9 Å². The molecule has 0 rings (SSSR count). The number of likely N-dealkylation sites (N-methyl/N-ethyl adjacent to an activating group) is 1. The Labute approximate surface area is 417 Å². The van der Waals surface area contributed by atoms with Crippen molar-refractivity contribution in [3.63, 3.8) is 0 Å². The highest BCUT2D eigenvalue weighted by molar-refractivity contribution is 5.71. The van der Waals surface area contributed by atoms with E-state index in [0.717, 1.165) is 96.3 Å². The summed E-state index contributed by atoms with van der Waals surface area (Å²) in [6.07, 6.45) is 62.3. The van der Waals surface area contributed by atoms with E-state index in [4.69, 9.17) is 18.9 Å². The van der Waals surface area contributed by atoms with Crippen molar-refractivity contribution >= 4 is 17.9 Å². The minimum absolute atomic E-state index is 0.183. The van der Waals surface area contributed by atoms with Gasteiger partial charge in [-0.1, -0.05) is 195 Å². The lowest BCUT2D eigenvalue weighted by Gasteiger charge is -2.25. The summed E-state index contributed by atoms with van der Waals surface area (Å²) in [5.74, 6) is -2.02. The molecule has 1 N–H and O–H groups in total. The predicted molar refractivity (Wildman–Crippen MR) is 286 cm³/mol. The minimum atomic E-state index is -1.51. The first kappa shape index (κ1) is 64.5. The second-order valence-electron chi connectivity index (χ2n) is 19.2. The zero-order chi connectivity index (χ0) is 49.9. The highest BCUT2D eigenvalue weighted by Crippen LogP contribution is 2.15. The minimum Gasteiger partial charge on any atom is -0.477 e. The van der Waals surface area contributed by atoms with Crippen LogP contribution in [0.15, 0.2) is 85.1 Å². The summed E-state index contributed by atoms with van der Waals surface area (Å²) in [6.45, 7) is 4.71. The molecule has 68 heavy (non-hydrogen) atoms. The third kappa shape index (κ3) is 50.3. The molecule has 0 heterocycles. The molecule has 0 spiro atoms. The summed E-state index contributed by atoms with van der Waals surface area (Å²) in [5.41, 5.74) is 0. The molecule has 0 saturated heterocycles. The molecule has 9 nitrogen and oxygen atoms in total. The number of esters is 2. The number of carbonyl (C=O) groups excluding carboxylic acids is 2. The monoisotopic (exact) mass is 953 g/mol. The normalized spacial score (nSPS) is 13.5. The highest BCUT2D eigenvalue weighted by atomic mass is 16.7. The molecule has 2 unspecified atom stereocenters. The smallest absolute Gasteiger partial charge is 0.361 e. The lowest BCUT2D eigenvalue weighted by molar-refractivity contribution is -0.870. The molecular weight excluding hydrogens is 851 g/mol. The van der Waals surface area contributed by atoms with Gasteiger partial charge >= 0.3 is 17.9 Å². The van der Waals surface area contributed by atoms with Crippen LogP contribution in [0.1, 0.15) is 213 Å². The average molecular weight is 953 g/mol. The summed E-state index contributed by atoms with van der Waals surface area (Å²) in [5, 5.41) is 9.67. The van der Waals surface area contributed by atoms with Crippen LogP contribution in [0.3, 0.4) is 0 Å². The Hall–Kier alpha value is -3.53. The maximum absolute atomic E-state index is 12.8. The van der Waals surface area contributed by atoms with Crippen LogP contribution < -0.4 is 0 Å². The number of quaternary nitrogens is 1. The molecule has 0 aromatic rings. The standard InChI is InChI=1S/C59H101NO8/c1-6-8-10-12-14-16-18-20-21-22-23-24-25-26-27-28-29-30-31-32-33-34-35-36-37-38-40-42-44-46-48-50-57(62)68-55(54-67-59(58(63)64)65-52-51-60(3,4)5)53-66-56(61)49-47-45-43-41-39-19-17-15-13-11-9-7-2/h8,10,14-17,20-21,23-24,26-27,29-30,55,59H,6-7,9,11-13,18-19,22,25,28,31-54H2,1-5H3/p+1/b10-8-,16-14-,17-15-,21-20-,24-23-,27-26-,30-29-. The molecular formula is C59H102NO8+. The van der Waals surface area contributed by atoms with Gasteiger partial charge in [0.25, 0.3) is 6.29 Å². The third-order valence-corrected chi connectivity index (χ3v) is 11.4. The molecule has 0 fully saturated rings. The number of rotatable bonds is 49. The van der Waals surface area contributed by atoms with Gasteiger partial charge in [0.05, 0.1) is 34.4 Å². The number of carboxylic acids is 1. The van der Waals surface area contributed by atoms with Gasteiger partial charge in [0.2, 0.25) is 0 Å². The van der Waals surface area contributed by atoms with E-state index < -0.39 is 24.3 Å². The zero-order valence-corrected chi connectivity index (χ0v) is 44.2. The van der Waals surface area contributed by atoms with Gasteiger partial charge in [0, 0.05) is 12.8 Å². The van der Waals surface area contributed by atoms with E-state index in [1.54, 1.807) is 0 Å².